The normalized spacial score (nSPS) is 17.7. The fraction of sp³-hybridized carbons (Fsp3) is 0.222. The topological polar surface area (TPSA) is 69.6 Å². The van der Waals surface area contributed by atoms with Crippen LogP contribution in [0.5, 0.6) is 5.75 Å². The second kappa shape index (κ2) is 5.76. The average Bonchev–Trinajstić information content (AvgIpc) is 2.74. The van der Waals surface area contributed by atoms with E-state index in [-0.39, 0.29) is 24.0 Å². The zero-order valence-corrected chi connectivity index (χ0v) is 13.0. The van der Waals surface area contributed by atoms with Crippen LogP contribution in [0.3, 0.4) is 0 Å². The van der Waals surface area contributed by atoms with Crippen LogP contribution in [0.4, 0.5) is 11.4 Å². The number of benzene rings is 2. The van der Waals surface area contributed by atoms with E-state index in [4.69, 9.17) is 0 Å². The number of imide groups is 1. The number of aryl methyl sites for hydroxylation is 2. The summed E-state index contributed by atoms with van der Waals surface area (Å²) in [6, 6.07) is 11.7. The number of hydrogen-bond acceptors (Lipinski definition) is 4. The van der Waals surface area contributed by atoms with Gasteiger partial charge < -0.3 is 10.4 Å². The molecular weight excluding hydrogens is 292 g/mol. The fourth-order valence-electron chi connectivity index (χ4n) is 2.82. The first-order valence-electron chi connectivity index (χ1n) is 7.45. The predicted molar refractivity (Wildman–Crippen MR) is 88.5 cm³/mol. The van der Waals surface area contributed by atoms with E-state index in [1.54, 1.807) is 13.0 Å². The lowest BCUT2D eigenvalue weighted by Gasteiger charge is -2.18. The molecule has 1 fully saturated rings. The molecule has 2 aromatic carbocycles. The standard InChI is InChI=1S/C18H18N2O3/c1-11-4-3-5-13(8-11)19-15-10-17(22)20(18(15)23)16-7-6-14(21)9-12(16)2/h3-9,15,19,21H,10H2,1-2H3. The quantitative estimate of drug-likeness (QED) is 0.855. The highest BCUT2D eigenvalue weighted by Crippen LogP contribution is 2.29. The maximum atomic E-state index is 12.6. The summed E-state index contributed by atoms with van der Waals surface area (Å²) in [6.45, 7) is 3.73. The summed E-state index contributed by atoms with van der Waals surface area (Å²) in [7, 11) is 0. The molecule has 0 aliphatic carbocycles. The Balaban J connectivity index is 1.85. The minimum Gasteiger partial charge on any atom is -0.508 e. The third-order valence-electron chi connectivity index (χ3n) is 3.93. The number of anilines is 2. The van der Waals surface area contributed by atoms with E-state index in [9.17, 15) is 14.7 Å². The van der Waals surface area contributed by atoms with Crippen LogP contribution in [0.1, 0.15) is 17.5 Å². The lowest BCUT2D eigenvalue weighted by atomic mass is 10.1. The van der Waals surface area contributed by atoms with Gasteiger partial charge in [0.15, 0.2) is 0 Å². The second-order valence-electron chi connectivity index (χ2n) is 5.81. The zero-order valence-electron chi connectivity index (χ0n) is 13.0. The maximum absolute atomic E-state index is 12.6. The summed E-state index contributed by atoms with van der Waals surface area (Å²) >= 11 is 0. The van der Waals surface area contributed by atoms with Crippen LogP contribution in [-0.4, -0.2) is 23.0 Å². The Morgan fingerprint density at radius 3 is 2.61 bits per heavy atom. The van der Waals surface area contributed by atoms with Crippen molar-refractivity contribution in [3.05, 3.63) is 53.6 Å². The highest BCUT2D eigenvalue weighted by molar-refractivity contribution is 6.23. The molecule has 1 saturated heterocycles. The second-order valence-corrected chi connectivity index (χ2v) is 5.81. The number of phenolic OH excluding ortho intramolecular Hbond substituents is 1. The Morgan fingerprint density at radius 1 is 1.13 bits per heavy atom. The molecule has 0 bridgehead atoms. The van der Waals surface area contributed by atoms with Crippen LogP contribution in [0.25, 0.3) is 0 Å². The molecule has 0 aromatic heterocycles. The number of rotatable bonds is 3. The third kappa shape index (κ3) is 2.90. The van der Waals surface area contributed by atoms with Crippen molar-refractivity contribution in [2.75, 3.05) is 10.2 Å². The zero-order chi connectivity index (χ0) is 16.6. The molecule has 1 atom stereocenters. The Morgan fingerprint density at radius 2 is 1.91 bits per heavy atom. The number of carbonyl (C=O) groups excluding carboxylic acids is 2. The molecule has 5 heteroatoms. The van der Waals surface area contributed by atoms with E-state index < -0.39 is 6.04 Å². The number of carbonyl (C=O) groups is 2. The Labute approximate surface area is 134 Å². The smallest absolute Gasteiger partial charge is 0.256 e. The van der Waals surface area contributed by atoms with Crippen molar-refractivity contribution in [1.82, 2.24) is 0 Å². The van der Waals surface area contributed by atoms with Gasteiger partial charge in [0, 0.05) is 5.69 Å². The minimum atomic E-state index is -0.572. The first kappa shape index (κ1) is 15.1. The van der Waals surface area contributed by atoms with E-state index in [0.29, 0.717) is 11.3 Å². The van der Waals surface area contributed by atoms with E-state index in [1.807, 2.05) is 31.2 Å². The van der Waals surface area contributed by atoms with E-state index in [1.165, 1.54) is 17.0 Å². The number of nitrogens with one attached hydrogen (secondary N) is 1. The van der Waals surface area contributed by atoms with Crippen LogP contribution in [-0.2, 0) is 9.59 Å². The van der Waals surface area contributed by atoms with Gasteiger partial charge in [-0.25, -0.2) is 4.90 Å². The summed E-state index contributed by atoms with van der Waals surface area (Å²) in [5, 5.41) is 12.6. The monoisotopic (exact) mass is 310 g/mol. The van der Waals surface area contributed by atoms with Crippen LogP contribution in [0.15, 0.2) is 42.5 Å². The SMILES string of the molecule is Cc1cccc(NC2CC(=O)N(c3ccc(O)cc3C)C2=O)c1. The predicted octanol–water partition coefficient (Wildman–Crippen LogP) is 2.75. The number of hydrogen-bond donors (Lipinski definition) is 2. The van der Waals surface area contributed by atoms with Gasteiger partial charge in [0.1, 0.15) is 11.8 Å². The van der Waals surface area contributed by atoms with Crippen LogP contribution in [0, 0.1) is 13.8 Å². The molecule has 1 heterocycles. The summed E-state index contributed by atoms with van der Waals surface area (Å²) in [6.07, 6.45) is 0.118. The van der Waals surface area contributed by atoms with Crippen molar-refractivity contribution in [3.8, 4) is 5.75 Å². The van der Waals surface area contributed by atoms with Crippen LogP contribution < -0.4 is 10.2 Å². The summed E-state index contributed by atoms with van der Waals surface area (Å²) < 4.78 is 0. The molecule has 2 amide bonds. The van der Waals surface area contributed by atoms with Crippen molar-refractivity contribution in [2.45, 2.75) is 26.3 Å². The Bertz CT molecular complexity index is 786. The van der Waals surface area contributed by atoms with Gasteiger partial charge in [0.2, 0.25) is 5.91 Å². The fourth-order valence-corrected chi connectivity index (χ4v) is 2.82. The van der Waals surface area contributed by atoms with E-state index in [0.717, 1.165) is 11.3 Å². The number of nitrogens with zero attached hydrogens (tertiary/aromatic N) is 1. The molecular formula is C18H18N2O3. The number of amides is 2. The number of aromatic hydroxyl groups is 1. The van der Waals surface area contributed by atoms with Crippen molar-refractivity contribution >= 4 is 23.2 Å². The molecule has 1 aliphatic rings. The summed E-state index contributed by atoms with van der Waals surface area (Å²) in [5.74, 6) is -0.404. The largest absolute Gasteiger partial charge is 0.508 e. The maximum Gasteiger partial charge on any atom is 0.256 e. The van der Waals surface area contributed by atoms with Gasteiger partial charge in [-0.3, -0.25) is 9.59 Å². The van der Waals surface area contributed by atoms with Gasteiger partial charge in [-0.1, -0.05) is 12.1 Å². The molecule has 0 saturated carbocycles. The highest BCUT2D eigenvalue weighted by atomic mass is 16.3. The lowest BCUT2D eigenvalue weighted by Crippen LogP contribution is -2.35. The molecule has 2 N–H and O–H groups in total. The molecule has 0 spiro atoms. The highest BCUT2D eigenvalue weighted by Gasteiger charge is 2.40. The summed E-state index contributed by atoms with van der Waals surface area (Å²) in [5.41, 5.74) is 3.10. The third-order valence-corrected chi connectivity index (χ3v) is 3.93. The molecule has 0 radical (unpaired) electrons. The molecule has 23 heavy (non-hydrogen) atoms. The van der Waals surface area contributed by atoms with Crippen molar-refractivity contribution < 1.29 is 14.7 Å². The van der Waals surface area contributed by atoms with Gasteiger partial charge in [0.25, 0.3) is 5.91 Å². The average molecular weight is 310 g/mol. The van der Waals surface area contributed by atoms with Gasteiger partial charge in [-0.05, 0) is 55.3 Å². The Kier molecular flexibility index (Phi) is 3.78. The van der Waals surface area contributed by atoms with Crippen molar-refractivity contribution in [2.24, 2.45) is 0 Å². The van der Waals surface area contributed by atoms with Gasteiger partial charge in [-0.2, -0.15) is 0 Å². The summed E-state index contributed by atoms with van der Waals surface area (Å²) in [4.78, 5) is 26.1. The van der Waals surface area contributed by atoms with Gasteiger partial charge >= 0.3 is 0 Å². The van der Waals surface area contributed by atoms with Gasteiger partial charge in [-0.15, -0.1) is 0 Å². The number of phenols is 1. The van der Waals surface area contributed by atoms with E-state index >= 15 is 0 Å². The molecule has 5 nitrogen and oxygen atoms in total. The first-order valence-corrected chi connectivity index (χ1v) is 7.45. The first-order chi connectivity index (χ1) is 11.0. The molecule has 118 valence electrons. The molecule has 3 rings (SSSR count). The van der Waals surface area contributed by atoms with E-state index in [2.05, 4.69) is 5.32 Å². The minimum absolute atomic E-state index is 0.111. The molecule has 1 aliphatic heterocycles. The van der Waals surface area contributed by atoms with Gasteiger partial charge in [0.05, 0.1) is 12.1 Å². The van der Waals surface area contributed by atoms with Crippen molar-refractivity contribution in [1.29, 1.82) is 0 Å². The van der Waals surface area contributed by atoms with Crippen LogP contribution in [0.2, 0.25) is 0 Å². The Hall–Kier alpha value is -2.82. The van der Waals surface area contributed by atoms with Crippen LogP contribution >= 0.6 is 0 Å². The molecule has 2 aromatic rings. The van der Waals surface area contributed by atoms with Crippen molar-refractivity contribution in [3.63, 3.8) is 0 Å². The molecule has 1 unspecified atom stereocenters. The lowest BCUT2D eigenvalue weighted by molar-refractivity contribution is -0.121.